The van der Waals surface area contributed by atoms with Crippen LogP contribution in [0.5, 0.6) is 5.75 Å². The summed E-state index contributed by atoms with van der Waals surface area (Å²) in [5, 5.41) is 2.65. The molecule has 0 aliphatic rings. The lowest BCUT2D eigenvalue weighted by Gasteiger charge is -2.14. The van der Waals surface area contributed by atoms with Crippen LogP contribution in [0.4, 0.5) is 4.39 Å². The van der Waals surface area contributed by atoms with Gasteiger partial charge in [-0.25, -0.2) is 4.39 Å². The third kappa shape index (κ3) is 4.82. The van der Waals surface area contributed by atoms with E-state index in [1.165, 1.54) is 24.3 Å². The molecule has 0 unspecified atom stereocenters. The van der Waals surface area contributed by atoms with E-state index < -0.39 is 6.10 Å². The topological polar surface area (TPSA) is 47.6 Å². The van der Waals surface area contributed by atoms with Gasteiger partial charge in [-0.15, -0.1) is 0 Å². The fraction of sp³-hybridized carbons (Fsp3) is 0.417. The zero-order valence-electron chi connectivity index (χ0n) is 9.90. The lowest BCUT2D eigenvalue weighted by atomic mass is 10.3. The molecule has 1 aromatic rings. The first kappa shape index (κ1) is 13.4. The van der Waals surface area contributed by atoms with Gasteiger partial charge in [-0.2, -0.15) is 0 Å². The van der Waals surface area contributed by atoms with Gasteiger partial charge in [0.05, 0.1) is 6.61 Å². The predicted octanol–water partition coefficient (Wildman–Crippen LogP) is 1.36. The molecule has 4 nitrogen and oxygen atoms in total. The van der Waals surface area contributed by atoms with E-state index >= 15 is 0 Å². The standard InChI is InChI=1S/C12H16FNO3/c1-9(12(15)14-7-8-16-2)17-11-5-3-10(13)4-6-11/h3-6,9H,7-8H2,1-2H3,(H,14,15)/t9-/m0/s1. The van der Waals surface area contributed by atoms with Gasteiger partial charge in [0.1, 0.15) is 11.6 Å². The number of halogens is 1. The Bertz CT molecular complexity index is 353. The van der Waals surface area contributed by atoms with Crippen molar-refractivity contribution in [3.8, 4) is 5.75 Å². The molecule has 0 aliphatic heterocycles. The summed E-state index contributed by atoms with van der Waals surface area (Å²) in [6, 6.07) is 5.53. The van der Waals surface area contributed by atoms with Crippen molar-refractivity contribution in [1.29, 1.82) is 0 Å². The Morgan fingerprint density at radius 1 is 1.41 bits per heavy atom. The molecule has 1 aromatic carbocycles. The van der Waals surface area contributed by atoms with Crippen LogP contribution in [-0.2, 0) is 9.53 Å². The smallest absolute Gasteiger partial charge is 0.260 e. The minimum absolute atomic E-state index is 0.230. The van der Waals surface area contributed by atoms with Gasteiger partial charge < -0.3 is 14.8 Å². The van der Waals surface area contributed by atoms with Gasteiger partial charge in [0.15, 0.2) is 6.10 Å². The quantitative estimate of drug-likeness (QED) is 0.765. The lowest BCUT2D eigenvalue weighted by molar-refractivity contribution is -0.127. The zero-order chi connectivity index (χ0) is 12.7. The van der Waals surface area contributed by atoms with Crippen LogP contribution < -0.4 is 10.1 Å². The van der Waals surface area contributed by atoms with Crippen LogP contribution in [0.25, 0.3) is 0 Å². The van der Waals surface area contributed by atoms with Crippen molar-refractivity contribution < 1.29 is 18.7 Å². The minimum atomic E-state index is -0.627. The van der Waals surface area contributed by atoms with Gasteiger partial charge in [0.2, 0.25) is 0 Å². The van der Waals surface area contributed by atoms with E-state index in [1.807, 2.05) is 0 Å². The molecule has 1 atom stereocenters. The zero-order valence-corrected chi connectivity index (χ0v) is 9.90. The molecule has 1 amide bonds. The van der Waals surface area contributed by atoms with E-state index in [0.717, 1.165) is 0 Å². The van der Waals surface area contributed by atoms with Gasteiger partial charge in [0.25, 0.3) is 5.91 Å². The maximum Gasteiger partial charge on any atom is 0.260 e. The van der Waals surface area contributed by atoms with E-state index in [9.17, 15) is 9.18 Å². The monoisotopic (exact) mass is 241 g/mol. The fourth-order valence-electron chi connectivity index (χ4n) is 1.19. The Balaban J connectivity index is 2.40. The first-order valence-corrected chi connectivity index (χ1v) is 5.32. The summed E-state index contributed by atoms with van der Waals surface area (Å²) < 4.78 is 22.8. The Morgan fingerprint density at radius 3 is 2.65 bits per heavy atom. The van der Waals surface area contributed by atoms with Crippen molar-refractivity contribution >= 4 is 5.91 Å². The third-order valence-corrected chi connectivity index (χ3v) is 2.10. The molecule has 1 rings (SSSR count). The summed E-state index contributed by atoms with van der Waals surface area (Å²) in [5.41, 5.74) is 0. The summed E-state index contributed by atoms with van der Waals surface area (Å²) in [7, 11) is 1.56. The van der Waals surface area contributed by atoms with Crippen LogP contribution in [0, 0.1) is 5.82 Å². The Morgan fingerprint density at radius 2 is 2.06 bits per heavy atom. The van der Waals surface area contributed by atoms with Crippen molar-refractivity contribution in [2.24, 2.45) is 0 Å². The molecule has 0 saturated heterocycles. The molecule has 0 aliphatic carbocycles. The van der Waals surface area contributed by atoms with Crippen molar-refractivity contribution in [1.82, 2.24) is 5.32 Å². The van der Waals surface area contributed by atoms with E-state index in [0.29, 0.717) is 18.9 Å². The van der Waals surface area contributed by atoms with Gasteiger partial charge in [-0.05, 0) is 31.2 Å². The molecular weight excluding hydrogens is 225 g/mol. The van der Waals surface area contributed by atoms with Crippen LogP contribution in [0.15, 0.2) is 24.3 Å². The summed E-state index contributed by atoms with van der Waals surface area (Å²) in [5.74, 6) is -0.110. The van der Waals surface area contributed by atoms with E-state index in [1.54, 1.807) is 14.0 Å². The summed E-state index contributed by atoms with van der Waals surface area (Å²) in [6.07, 6.45) is -0.627. The Kier molecular flexibility index (Phi) is 5.42. The average molecular weight is 241 g/mol. The van der Waals surface area contributed by atoms with Crippen LogP contribution in [0.1, 0.15) is 6.92 Å². The number of hydrogen-bond acceptors (Lipinski definition) is 3. The number of methoxy groups -OCH3 is 1. The van der Waals surface area contributed by atoms with Gasteiger partial charge >= 0.3 is 0 Å². The largest absolute Gasteiger partial charge is 0.481 e. The molecule has 0 bridgehead atoms. The number of carbonyl (C=O) groups excluding carboxylic acids is 1. The summed E-state index contributed by atoms with van der Waals surface area (Å²) in [4.78, 5) is 11.5. The first-order chi connectivity index (χ1) is 8.13. The van der Waals surface area contributed by atoms with Crippen LogP contribution in [0.3, 0.4) is 0 Å². The van der Waals surface area contributed by atoms with Crippen LogP contribution in [0.2, 0.25) is 0 Å². The number of carbonyl (C=O) groups is 1. The highest BCUT2D eigenvalue weighted by molar-refractivity contribution is 5.80. The molecule has 0 spiro atoms. The molecule has 0 fully saturated rings. The molecule has 0 saturated carbocycles. The van der Waals surface area contributed by atoms with Crippen LogP contribution in [-0.4, -0.2) is 32.3 Å². The number of ether oxygens (including phenoxy) is 2. The molecule has 0 radical (unpaired) electrons. The molecule has 0 heterocycles. The van der Waals surface area contributed by atoms with E-state index in [2.05, 4.69) is 5.32 Å². The highest BCUT2D eigenvalue weighted by Gasteiger charge is 2.13. The molecule has 17 heavy (non-hydrogen) atoms. The van der Waals surface area contributed by atoms with Crippen molar-refractivity contribution in [3.05, 3.63) is 30.1 Å². The Hall–Kier alpha value is -1.62. The van der Waals surface area contributed by atoms with E-state index in [-0.39, 0.29) is 11.7 Å². The van der Waals surface area contributed by atoms with E-state index in [4.69, 9.17) is 9.47 Å². The van der Waals surface area contributed by atoms with Crippen molar-refractivity contribution in [3.63, 3.8) is 0 Å². The van der Waals surface area contributed by atoms with Gasteiger partial charge in [-0.3, -0.25) is 4.79 Å². The highest BCUT2D eigenvalue weighted by Crippen LogP contribution is 2.12. The second-order valence-electron chi connectivity index (χ2n) is 3.50. The predicted molar refractivity (Wildman–Crippen MR) is 61.4 cm³/mol. The average Bonchev–Trinajstić information content (AvgIpc) is 2.32. The molecule has 5 heteroatoms. The first-order valence-electron chi connectivity index (χ1n) is 5.32. The maximum absolute atomic E-state index is 12.6. The summed E-state index contributed by atoms with van der Waals surface area (Å²) in [6.45, 7) is 2.52. The third-order valence-electron chi connectivity index (χ3n) is 2.10. The van der Waals surface area contributed by atoms with Crippen LogP contribution >= 0.6 is 0 Å². The number of rotatable bonds is 6. The maximum atomic E-state index is 12.6. The number of nitrogens with one attached hydrogen (secondary N) is 1. The van der Waals surface area contributed by atoms with Gasteiger partial charge in [-0.1, -0.05) is 0 Å². The number of benzene rings is 1. The highest BCUT2D eigenvalue weighted by atomic mass is 19.1. The molecule has 0 aromatic heterocycles. The minimum Gasteiger partial charge on any atom is -0.481 e. The van der Waals surface area contributed by atoms with Crippen molar-refractivity contribution in [2.75, 3.05) is 20.3 Å². The van der Waals surface area contributed by atoms with Gasteiger partial charge in [0, 0.05) is 13.7 Å². The van der Waals surface area contributed by atoms with Crippen molar-refractivity contribution in [2.45, 2.75) is 13.0 Å². The second kappa shape index (κ2) is 6.85. The normalized spacial score (nSPS) is 11.9. The summed E-state index contributed by atoms with van der Waals surface area (Å²) >= 11 is 0. The SMILES string of the molecule is COCCNC(=O)[C@H](C)Oc1ccc(F)cc1. The lowest BCUT2D eigenvalue weighted by Crippen LogP contribution is -2.37. The number of hydrogen-bond donors (Lipinski definition) is 1. The Labute approximate surface area is 99.7 Å². The fourth-order valence-corrected chi connectivity index (χ4v) is 1.19. The molecule has 94 valence electrons. The molecular formula is C12H16FNO3. The second-order valence-corrected chi connectivity index (χ2v) is 3.50. The molecule has 1 N–H and O–H groups in total. The number of amides is 1.